The maximum atomic E-state index is 6.30. The number of benzene rings is 7. The molecule has 0 radical (unpaired) electrons. The lowest BCUT2D eigenvalue weighted by atomic mass is 9.95. The molecule has 0 aliphatic carbocycles. The highest BCUT2D eigenvalue weighted by atomic mass is 16.3. The summed E-state index contributed by atoms with van der Waals surface area (Å²) >= 11 is 0. The molecule has 55 heavy (non-hydrogen) atoms. The van der Waals surface area contributed by atoms with E-state index in [2.05, 4.69) is 146 Å². The van der Waals surface area contributed by atoms with Gasteiger partial charge in [0.2, 0.25) is 5.71 Å². The highest BCUT2D eigenvalue weighted by molar-refractivity contribution is 6.10. The van der Waals surface area contributed by atoms with Gasteiger partial charge in [-0.25, -0.2) is 9.97 Å². The van der Waals surface area contributed by atoms with Crippen molar-refractivity contribution in [2.24, 2.45) is 0 Å². The molecule has 0 saturated heterocycles. The van der Waals surface area contributed by atoms with Crippen LogP contribution in [0, 0.1) is 0 Å². The minimum absolute atomic E-state index is 0.581. The van der Waals surface area contributed by atoms with Crippen LogP contribution in [0.2, 0.25) is 0 Å². The predicted molar refractivity (Wildman–Crippen MR) is 225 cm³/mol. The first kappa shape index (κ1) is 32.2. The zero-order valence-corrected chi connectivity index (χ0v) is 29.8. The highest BCUT2D eigenvalue weighted by Crippen LogP contribution is 2.38. The molecular weight excluding hydrogens is 671 g/mol. The fourth-order valence-electron chi connectivity index (χ4n) is 7.36. The molecular formula is C51H33N3O. The van der Waals surface area contributed by atoms with E-state index in [4.69, 9.17) is 19.4 Å². The maximum Gasteiger partial charge on any atom is 0.231 e. The smallest absolute Gasteiger partial charge is 0.231 e. The van der Waals surface area contributed by atoms with Gasteiger partial charge in [-0.3, -0.25) is 0 Å². The predicted octanol–water partition coefficient (Wildman–Crippen LogP) is 13.4. The molecule has 0 bridgehead atoms. The molecule has 0 fully saturated rings. The average molecular weight is 704 g/mol. The van der Waals surface area contributed by atoms with Crippen LogP contribution in [0.4, 0.5) is 0 Å². The first-order chi connectivity index (χ1) is 27.2. The lowest BCUT2D eigenvalue weighted by Crippen LogP contribution is -1.94. The van der Waals surface area contributed by atoms with Gasteiger partial charge in [-0.15, -0.1) is 0 Å². The van der Waals surface area contributed by atoms with Crippen molar-refractivity contribution in [1.29, 1.82) is 0 Å². The average Bonchev–Trinajstić information content (AvgIpc) is 3.66. The third kappa shape index (κ3) is 6.26. The Kier molecular flexibility index (Phi) is 8.12. The molecule has 0 spiro atoms. The quantitative estimate of drug-likeness (QED) is 0.166. The molecule has 0 unspecified atom stereocenters. The molecule has 0 saturated carbocycles. The van der Waals surface area contributed by atoms with Gasteiger partial charge in [0.15, 0.2) is 5.82 Å². The minimum atomic E-state index is 0.581. The topological polar surface area (TPSA) is 51.8 Å². The van der Waals surface area contributed by atoms with E-state index in [1.54, 1.807) is 0 Å². The van der Waals surface area contributed by atoms with Gasteiger partial charge in [0.05, 0.1) is 22.5 Å². The molecule has 4 heteroatoms. The molecule has 3 heterocycles. The van der Waals surface area contributed by atoms with Crippen molar-refractivity contribution >= 4 is 22.1 Å². The molecule has 10 aromatic rings. The second-order valence-electron chi connectivity index (χ2n) is 13.6. The van der Waals surface area contributed by atoms with Crippen LogP contribution >= 0.6 is 0 Å². The van der Waals surface area contributed by atoms with Crippen molar-refractivity contribution in [3.63, 3.8) is 0 Å². The minimum Gasteiger partial charge on any atom is -0.438 e. The number of furan rings is 1. The summed E-state index contributed by atoms with van der Waals surface area (Å²) in [7, 11) is 0. The maximum absolute atomic E-state index is 6.30. The Morgan fingerprint density at radius 3 is 1.44 bits per heavy atom. The molecule has 0 N–H and O–H groups in total. The van der Waals surface area contributed by atoms with E-state index >= 15 is 0 Å². The Morgan fingerprint density at radius 1 is 0.309 bits per heavy atom. The third-order valence-corrected chi connectivity index (χ3v) is 10.1. The summed E-state index contributed by atoms with van der Waals surface area (Å²) in [6, 6.07) is 69.4. The van der Waals surface area contributed by atoms with Crippen LogP contribution in [0.15, 0.2) is 205 Å². The van der Waals surface area contributed by atoms with Gasteiger partial charge < -0.3 is 4.42 Å². The van der Waals surface area contributed by atoms with Crippen LogP contribution in [0.5, 0.6) is 0 Å². The molecule has 258 valence electrons. The number of pyridine rings is 1. The van der Waals surface area contributed by atoms with E-state index in [0.717, 1.165) is 89.1 Å². The van der Waals surface area contributed by atoms with Crippen LogP contribution in [-0.2, 0) is 0 Å². The van der Waals surface area contributed by atoms with Crippen LogP contribution in [0.1, 0.15) is 0 Å². The summed E-state index contributed by atoms with van der Waals surface area (Å²) in [6.07, 6.45) is 0. The van der Waals surface area contributed by atoms with Gasteiger partial charge in [-0.05, 0) is 69.8 Å². The van der Waals surface area contributed by atoms with Crippen molar-refractivity contribution in [3.05, 3.63) is 200 Å². The number of fused-ring (bicyclic) bond motifs is 3. The molecule has 4 nitrogen and oxygen atoms in total. The van der Waals surface area contributed by atoms with Crippen LogP contribution in [-0.4, -0.2) is 15.0 Å². The molecule has 0 aliphatic rings. The molecule has 0 aliphatic heterocycles. The van der Waals surface area contributed by atoms with Crippen molar-refractivity contribution in [1.82, 2.24) is 15.0 Å². The van der Waals surface area contributed by atoms with E-state index in [1.807, 2.05) is 54.6 Å². The second kappa shape index (κ2) is 13.8. The fourth-order valence-corrected chi connectivity index (χ4v) is 7.36. The molecule has 0 atom stereocenters. The van der Waals surface area contributed by atoms with Crippen LogP contribution < -0.4 is 0 Å². The fraction of sp³-hybridized carbons (Fsp3) is 0. The lowest BCUT2D eigenvalue weighted by Gasteiger charge is -2.12. The number of nitrogens with zero attached hydrogens (tertiary/aromatic N) is 3. The van der Waals surface area contributed by atoms with Gasteiger partial charge in [-0.2, -0.15) is 4.98 Å². The van der Waals surface area contributed by atoms with E-state index in [-0.39, 0.29) is 0 Å². The normalized spacial score (nSPS) is 11.3. The first-order valence-corrected chi connectivity index (χ1v) is 18.4. The standard InChI is InChI=1S/C51H33N3O/c1-4-15-34(16-5-1)43-32-45(35-17-6-2-7-18-35)52-46(33-43)41-25-13-23-39(30-41)37-21-12-22-38(29-37)40-24-14-26-42(31-40)49-48-44-27-10-11-28-47(44)55-51(48)54-50(53-49)36-19-8-3-9-20-36/h1-33H. The van der Waals surface area contributed by atoms with Crippen molar-refractivity contribution in [2.75, 3.05) is 0 Å². The lowest BCUT2D eigenvalue weighted by molar-refractivity contribution is 0.653. The summed E-state index contributed by atoms with van der Waals surface area (Å²) in [5.41, 5.74) is 15.0. The summed E-state index contributed by atoms with van der Waals surface area (Å²) < 4.78 is 6.30. The van der Waals surface area contributed by atoms with Gasteiger partial charge >= 0.3 is 0 Å². The van der Waals surface area contributed by atoms with Gasteiger partial charge in [0.25, 0.3) is 0 Å². The second-order valence-corrected chi connectivity index (χ2v) is 13.6. The largest absolute Gasteiger partial charge is 0.438 e. The zero-order chi connectivity index (χ0) is 36.6. The van der Waals surface area contributed by atoms with Crippen LogP contribution in [0.3, 0.4) is 0 Å². The van der Waals surface area contributed by atoms with Crippen LogP contribution in [0.25, 0.3) is 101 Å². The Hall–Kier alpha value is -7.43. The Morgan fingerprint density at radius 2 is 0.782 bits per heavy atom. The summed E-state index contributed by atoms with van der Waals surface area (Å²) in [4.78, 5) is 15.2. The molecule has 7 aromatic carbocycles. The first-order valence-electron chi connectivity index (χ1n) is 18.4. The third-order valence-electron chi connectivity index (χ3n) is 10.1. The van der Waals surface area contributed by atoms with Gasteiger partial charge in [-0.1, -0.05) is 164 Å². The Balaban J connectivity index is 1.05. The molecule has 3 aromatic heterocycles. The van der Waals surface area contributed by atoms with Crippen molar-refractivity contribution in [2.45, 2.75) is 0 Å². The summed E-state index contributed by atoms with van der Waals surface area (Å²) in [5, 5.41) is 1.91. The molecule has 0 amide bonds. The summed E-state index contributed by atoms with van der Waals surface area (Å²) in [6.45, 7) is 0. The Labute approximate surface area is 319 Å². The van der Waals surface area contributed by atoms with Crippen molar-refractivity contribution in [3.8, 4) is 78.5 Å². The number of aromatic nitrogens is 3. The van der Waals surface area contributed by atoms with E-state index in [0.29, 0.717) is 11.5 Å². The number of hydrogen-bond donors (Lipinski definition) is 0. The van der Waals surface area contributed by atoms with E-state index in [1.165, 1.54) is 0 Å². The monoisotopic (exact) mass is 703 g/mol. The van der Waals surface area contributed by atoms with Crippen molar-refractivity contribution < 1.29 is 4.42 Å². The van der Waals surface area contributed by atoms with E-state index in [9.17, 15) is 0 Å². The number of para-hydroxylation sites is 1. The SMILES string of the molecule is c1ccc(-c2cc(-c3ccccc3)nc(-c3cccc(-c4cccc(-c5cccc(-c6nc(-c7ccccc7)nc7oc8ccccc8c67)c5)c4)c3)c2)cc1. The highest BCUT2D eigenvalue weighted by Gasteiger charge is 2.19. The van der Waals surface area contributed by atoms with E-state index < -0.39 is 0 Å². The Bertz CT molecular complexity index is 2910. The number of hydrogen-bond acceptors (Lipinski definition) is 4. The summed E-state index contributed by atoms with van der Waals surface area (Å²) in [5.74, 6) is 0.633. The number of rotatable bonds is 7. The zero-order valence-electron chi connectivity index (χ0n) is 29.8. The molecule has 10 rings (SSSR count). The van der Waals surface area contributed by atoms with Gasteiger partial charge in [0.1, 0.15) is 5.58 Å². The van der Waals surface area contributed by atoms with Gasteiger partial charge in [0, 0.05) is 27.6 Å².